The molecule has 1 aromatic rings. The molecule has 11 heavy (non-hydrogen) atoms. The van der Waals surface area contributed by atoms with Crippen LogP contribution >= 0.6 is 0 Å². The van der Waals surface area contributed by atoms with Crippen molar-refractivity contribution in [2.75, 3.05) is 18.5 Å². The molecule has 0 aliphatic rings. The normalized spacial score (nSPS) is 9.55. The molecule has 0 radical (unpaired) electrons. The van der Waals surface area contributed by atoms with Crippen molar-refractivity contribution in [1.82, 2.24) is 9.97 Å². The van der Waals surface area contributed by atoms with Gasteiger partial charge in [0.15, 0.2) is 0 Å². The van der Waals surface area contributed by atoms with Gasteiger partial charge in [0.2, 0.25) is 0 Å². The largest absolute Gasteiger partial charge is 0.395 e. The zero-order valence-electron chi connectivity index (χ0n) is 5.87. The Morgan fingerprint density at radius 3 is 3.18 bits per heavy atom. The number of nitrogens with one attached hydrogen (secondary N) is 2. The van der Waals surface area contributed by atoms with Crippen LogP contribution in [0.25, 0.3) is 0 Å². The van der Waals surface area contributed by atoms with Crippen LogP contribution in [0.15, 0.2) is 17.1 Å². The lowest BCUT2D eigenvalue weighted by atomic mass is 10.5. The van der Waals surface area contributed by atoms with Crippen LogP contribution in [0.3, 0.4) is 0 Å². The fourth-order valence-corrected chi connectivity index (χ4v) is 0.653. The average Bonchev–Trinajstić information content (AvgIpc) is 2.01. The number of aliphatic hydroxyl groups is 1. The molecule has 0 fully saturated rings. The molecule has 0 bridgehead atoms. The molecule has 0 aromatic carbocycles. The third-order valence-electron chi connectivity index (χ3n) is 1.09. The topological polar surface area (TPSA) is 78.0 Å². The zero-order valence-corrected chi connectivity index (χ0v) is 5.87. The first-order valence-electron chi connectivity index (χ1n) is 3.23. The molecule has 3 N–H and O–H groups in total. The summed E-state index contributed by atoms with van der Waals surface area (Å²) in [5, 5.41) is 11.2. The number of aliphatic hydroxyl groups excluding tert-OH is 1. The van der Waals surface area contributed by atoms with Gasteiger partial charge in [-0.3, -0.25) is 0 Å². The summed E-state index contributed by atoms with van der Waals surface area (Å²) in [6.07, 6.45) is 1.50. The first-order chi connectivity index (χ1) is 5.33. The van der Waals surface area contributed by atoms with E-state index < -0.39 is 5.69 Å². The molecule has 0 aliphatic heterocycles. The lowest BCUT2D eigenvalue weighted by Crippen LogP contribution is -2.14. The molecule has 0 atom stereocenters. The Bertz CT molecular complexity index is 271. The zero-order chi connectivity index (χ0) is 8.10. The molecule has 0 spiro atoms. The molecule has 60 valence electrons. The van der Waals surface area contributed by atoms with Crippen molar-refractivity contribution < 1.29 is 5.11 Å². The van der Waals surface area contributed by atoms with Gasteiger partial charge in [0.25, 0.3) is 0 Å². The maximum atomic E-state index is 10.6. The van der Waals surface area contributed by atoms with Crippen molar-refractivity contribution in [2.45, 2.75) is 0 Å². The number of H-pyrrole nitrogens is 1. The van der Waals surface area contributed by atoms with E-state index >= 15 is 0 Å². The fourth-order valence-electron chi connectivity index (χ4n) is 0.653. The number of rotatable bonds is 3. The van der Waals surface area contributed by atoms with Gasteiger partial charge < -0.3 is 15.4 Å². The van der Waals surface area contributed by atoms with Crippen molar-refractivity contribution in [1.29, 1.82) is 0 Å². The molecular formula is C6H9N3O2. The van der Waals surface area contributed by atoms with E-state index in [1.165, 1.54) is 6.20 Å². The summed E-state index contributed by atoms with van der Waals surface area (Å²) in [5.74, 6) is 0.475. The first-order valence-corrected chi connectivity index (χ1v) is 3.23. The summed E-state index contributed by atoms with van der Waals surface area (Å²) in [4.78, 5) is 16.5. The number of hydrogen-bond donors (Lipinski definition) is 3. The highest BCUT2D eigenvalue weighted by Crippen LogP contribution is 1.92. The van der Waals surface area contributed by atoms with Crippen LogP contribution in [-0.2, 0) is 0 Å². The van der Waals surface area contributed by atoms with Crippen LogP contribution in [0.5, 0.6) is 0 Å². The first kappa shape index (κ1) is 7.74. The number of aromatic nitrogens is 2. The second kappa shape index (κ2) is 3.72. The standard InChI is InChI=1S/C6H9N3O2/c10-4-3-7-5-1-2-8-6(11)9-5/h1-2,10H,3-4H2,(H2,7,8,9,11). The maximum Gasteiger partial charge on any atom is 0.346 e. The summed E-state index contributed by atoms with van der Waals surface area (Å²) in [6, 6.07) is 1.62. The lowest BCUT2D eigenvalue weighted by molar-refractivity contribution is 0.311. The quantitative estimate of drug-likeness (QED) is 0.532. The van der Waals surface area contributed by atoms with Crippen LogP contribution in [0.4, 0.5) is 5.82 Å². The van der Waals surface area contributed by atoms with E-state index in [2.05, 4.69) is 15.3 Å². The van der Waals surface area contributed by atoms with Crippen LogP contribution < -0.4 is 11.0 Å². The highest BCUT2D eigenvalue weighted by atomic mass is 16.3. The molecule has 0 aliphatic carbocycles. The van der Waals surface area contributed by atoms with Gasteiger partial charge in [-0.05, 0) is 6.07 Å². The van der Waals surface area contributed by atoms with Gasteiger partial charge in [-0.25, -0.2) is 4.79 Å². The molecule has 1 heterocycles. The monoisotopic (exact) mass is 155 g/mol. The molecule has 5 heteroatoms. The third-order valence-corrected chi connectivity index (χ3v) is 1.09. The minimum atomic E-state index is -0.395. The Hall–Kier alpha value is -1.36. The van der Waals surface area contributed by atoms with Gasteiger partial charge in [-0.2, -0.15) is 4.98 Å². The van der Waals surface area contributed by atoms with E-state index in [0.717, 1.165) is 0 Å². The molecule has 0 saturated heterocycles. The highest BCUT2D eigenvalue weighted by Gasteiger charge is 1.90. The smallest absolute Gasteiger partial charge is 0.346 e. The number of aromatic amines is 1. The van der Waals surface area contributed by atoms with E-state index in [1.807, 2.05) is 0 Å². The summed E-state index contributed by atoms with van der Waals surface area (Å²) in [5.41, 5.74) is -0.395. The lowest BCUT2D eigenvalue weighted by Gasteiger charge is -1.99. The van der Waals surface area contributed by atoms with E-state index in [0.29, 0.717) is 12.4 Å². The van der Waals surface area contributed by atoms with Gasteiger partial charge in [0, 0.05) is 12.7 Å². The second-order valence-corrected chi connectivity index (χ2v) is 1.93. The van der Waals surface area contributed by atoms with Gasteiger partial charge in [-0.1, -0.05) is 0 Å². The second-order valence-electron chi connectivity index (χ2n) is 1.93. The summed E-state index contributed by atoms with van der Waals surface area (Å²) < 4.78 is 0. The van der Waals surface area contributed by atoms with Gasteiger partial charge in [0.1, 0.15) is 5.82 Å². The highest BCUT2D eigenvalue weighted by molar-refractivity contribution is 5.31. The predicted octanol–water partition coefficient (Wildman–Crippen LogP) is -0.826. The minimum absolute atomic E-state index is 0.0223. The van der Waals surface area contributed by atoms with Crippen molar-refractivity contribution >= 4 is 5.82 Å². The van der Waals surface area contributed by atoms with E-state index in [1.54, 1.807) is 6.07 Å². The van der Waals surface area contributed by atoms with Crippen molar-refractivity contribution in [3.05, 3.63) is 22.7 Å². The Morgan fingerprint density at radius 1 is 1.73 bits per heavy atom. The van der Waals surface area contributed by atoms with Crippen LogP contribution in [0.2, 0.25) is 0 Å². The number of nitrogens with zero attached hydrogens (tertiary/aromatic N) is 1. The van der Waals surface area contributed by atoms with Crippen LogP contribution in [-0.4, -0.2) is 28.2 Å². The third kappa shape index (κ3) is 2.38. The summed E-state index contributed by atoms with van der Waals surface area (Å²) in [6.45, 7) is 0.422. The Balaban J connectivity index is 2.64. The fraction of sp³-hybridized carbons (Fsp3) is 0.333. The van der Waals surface area contributed by atoms with E-state index in [9.17, 15) is 4.79 Å². The van der Waals surface area contributed by atoms with E-state index in [-0.39, 0.29) is 6.61 Å². The number of anilines is 1. The molecule has 0 unspecified atom stereocenters. The van der Waals surface area contributed by atoms with E-state index in [4.69, 9.17) is 5.11 Å². The summed E-state index contributed by atoms with van der Waals surface area (Å²) >= 11 is 0. The molecular weight excluding hydrogens is 146 g/mol. The van der Waals surface area contributed by atoms with Crippen molar-refractivity contribution in [3.63, 3.8) is 0 Å². The average molecular weight is 155 g/mol. The Morgan fingerprint density at radius 2 is 2.55 bits per heavy atom. The predicted molar refractivity (Wildman–Crippen MR) is 40.4 cm³/mol. The van der Waals surface area contributed by atoms with Crippen LogP contribution in [0, 0.1) is 0 Å². The summed E-state index contributed by atoms with van der Waals surface area (Å²) in [7, 11) is 0. The van der Waals surface area contributed by atoms with Crippen LogP contribution in [0.1, 0.15) is 0 Å². The Kier molecular flexibility index (Phi) is 2.62. The van der Waals surface area contributed by atoms with Gasteiger partial charge >= 0.3 is 5.69 Å². The molecule has 1 aromatic heterocycles. The van der Waals surface area contributed by atoms with Crippen molar-refractivity contribution in [3.8, 4) is 0 Å². The van der Waals surface area contributed by atoms with Crippen molar-refractivity contribution in [2.24, 2.45) is 0 Å². The Labute approximate surface area is 63.1 Å². The molecule has 5 nitrogen and oxygen atoms in total. The molecule has 0 saturated carbocycles. The number of hydrogen-bond acceptors (Lipinski definition) is 4. The SMILES string of the molecule is O=c1nc(NCCO)cc[nH]1. The minimum Gasteiger partial charge on any atom is -0.395 e. The maximum absolute atomic E-state index is 10.6. The molecule has 1 rings (SSSR count). The van der Waals surface area contributed by atoms with Gasteiger partial charge in [0.05, 0.1) is 6.61 Å². The molecule has 0 amide bonds. The van der Waals surface area contributed by atoms with Gasteiger partial charge in [-0.15, -0.1) is 0 Å².